The molecule has 0 saturated carbocycles. The Morgan fingerprint density at radius 1 is 1.30 bits per heavy atom. The van der Waals surface area contributed by atoms with Gasteiger partial charge in [-0.2, -0.15) is 0 Å². The number of ether oxygens (including phenoxy) is 1. The first-order valence-electron chi connectivity index (χ1n) is 6.03. The van der Waals surface area contributed by atoms with Crippen molar-refractivity contribution in [3.05, 3.63) is 56.8 Å². The molecule has 0 bridgehead atoms. The van der Waals surface area contributed by atoms with E-state index in [1.165, 1.54) is 6.07 Å². The van der Waals surface area contributed by atoms with Crippen molar-refractivity contribution in [3.63, 3.8) is 0 Å². The van der Waals surface area contributed by atoms with Gasteiger partial charge in [-0.05, 0) is 58.2 Å². The minimum atomic E-state index is -0.263. The van der Waals surface area contributed by atoms with Crippen LogP contribution in [0.3, 0.4) is 0 Å². The fourth-order valence-corrected chi connectivity index (χ4v) is 2.48. The highest BCUT2D eigenvalue weighted by molar-refractivity contribution is 9.10. The van der Waals surface area contributed by atoms with Gasteiger partial charge < -0.3 is 10.1 Å². The van der Waals surface area contributed by atoms with Gasteiger partial charge in [-0.3, -0.25) is 0 Å². The lowest BCUT2D eigenvalue weighted by Crippen LogP contribution is -2.02. The Bertz CT molecular complexity index is 634. The molecule has 0 atom stereocenters. The van der Waals surface area contributed by atoms with Gasteiger partial charge in [0.1, 0.15) is 11.6 Å². The average Bonchev–Trinajstić information content (AvgIpc) is 2.41. The molecule has 0 aliphatic heterocycles. The van der Waals surface area contributed by atoms with E-state index in [9.17, 15) is 4.39 Å². The molecule has 0 spiro atoms. The molecule has 0 aliphatic carbocycles. The summed E-state index contributed by atoms with van der Waals surface area (Å²) in [6.07, 6.45) is 0. The fourth-order valence-electron chi connectivity index (χ4n) is 1.85. The lowest BCUT2D eigenvalue weighted by Gasteiger charge is -2.12. The van der Waals surface area contributed by atoms with E-state index in [1.54, 1.807) is 13.2 Å². The maximum absolute atomic E-state index is 13.4. The number of nitrogens with one attached hydrogen (secondary N) is 1. The van der Waals surface area contributed by atoms with Gasteiger partial charge in [0.05, 0.1) is 16.6 Å². The topological polar surface area (TPSA) is 21.3 Å². The first-order valence-corrected chi connectivity index (χ1v) is 7.20. The van der Waals surface area contributed by atoms with Gasteiger partial charge in [-0.25, -0.2) is 4.39 Å². The Labute approximate surface area is 131 Å². The van der Waals surface area contributed by atoms with Crippen LogP contribution in [-0.2, 0) is 6.54 Å². The van der Waals surface area contributed by atoms with E-state index in [1.807, 2.05) is 25.1 Å². The van der Waals surface area contributed by atoms with Crippen LogP contribution in [0.15, 0.2) is 34.8 Å². The number of benzene rings is 2. The number of anilines is 1. The lowest BCUT2D eigenvalue weighted by molar-refractivity contribution is 0.415. The second-order valence-electron chi connectivity index (χ2n) is 4.40. The summed E-state index contributed by atoms with van der Waals surface area (Å²) in [6, 6.07) is 8.84. The summed E-state index contributed by atoms with van der Waals surface area (Å²) >= 11 is 9.26. The van der Waals surface area contributed by atoms with Crippen LogP contribution < -0.4 is 10.1 Å². The van der Waals surface area contributed by atoms with Crippen LogP contribution in [0.2, 0.25) is 5.02 Å². The van der Waals surface area contributed by atoms with Gasteiger partial charge in [0.2, 0.25) is 0 Å². The summed E-state index contributed by atoms with van der Waals surface area (Å²) in [7, 11) is 1.58. The van der Waals surface area contributed by atoms with E-state index < -0.39 is 0 Å². The third-order valence-corrected chi connectivity index (χ3v) is 3.87. The summed E-state index contributed by atoms with van der Waals surface area (Å²) in [6.45, 7) is 2.46. The van der Waals surface area contributed by atoms with Crippen molar-refractivity contribution in [1.29, 1.82) is 0 Å². The van der Waals surface area contributed by atoms with Crippen molar-refractivity contribution in [1.82, 2.24) is 0 Å². The van der Waals surface area contributed by atoms with Crippen molar-refractivity contribution in [2.45, 2.75) is 13.5 Å². The molecule has 0 aliphatic rings. The molecule has 2 aromatic rings. The molecule has 0 unspecified atom stereocenters. The Morgan fingerprint density at radius 3 is 2.70 bits per heavy atom. The normalized spacial score (nSPS) is 10.4. The molecule has 1 N–H and O–H groups in total. The molecule has 0 heterocycles. The summed E-state index contributed by atoms with van der Waals surface area (Å²) < 4.78 is 18.9. The van der Waals surface area contributed by atoms with Crippen LogP contribution in [0.4, 0.5) is 10.1 Å². The molecule has 2 nitrogen and oxygen atoms in total. The van der Waals surface area contributed by atoms with Gasteiger partial charge in [-0.1, -0.05) is 17.7 Å². The average molecular weight is 359 g/mol. The quantitative estimate of drug-likeness (QED) is 0.814. The maximum atomic E-state index is 13.4. The Morgan fingerprint density at radius 2 is 2.05 bits per heavy atom. The van der Waals surface area contributed by atoms with Crippen LogP contribution in [0, 0.1) is 12.7 Å². The van der Waals surface area contributed by atoms with Crippen LogP contribution in [0.25, 0.3) is 0 Å². The first-order chi connectivity index (χ1) is 9.51. The zero-order chi connectivity index (χ0) is 14.7. The second kappa shape index (κ2) is 6.46. The number of rotatable bonds is 4. The number of hydrogen-bond acceptors (Lipinski definition) is 2. The summed E-state index contributed by atoms with van der Waals surface area (Å²) in [5.41, 5.74) is 2.76. The van der Waals surface area contributed by atoms with E-state index in [2.05, 4.69) is 21.2 Å². The van der Waals surface area contributed by atoms with Gasteiger partial charge in [-0.15, -0.1) is 0 Å². The molecule has 2 aromatic carbocycles. The van der Waals surface area contributed by atoms with Crippen molar-refractivity contribution < 1.29 is 9.13 Å². The zero-order valence-corrected chi connectivity index (χ0v) is 13.5. The number of aryl methyl sites for hydroxylation is 1. The zero-order valence-electron chi connectivity index (χ0n) is 11.1. The molecule has 0 saturated heterocycles. The Hall–Kier alpha value is -1.26. The highest BCUT2D eigenvalue weighted by Gasteiger charge is 2.06. The fraction of sp³-hybridized carbons (Fsp3) is 0.200. The summed E-state index contributed by atoms with van der Waals surface area (Å²) in [5, 5.41) is 3.84. The highest BCUT2D eigenvalue weighted by Crippen LogP contribution is 2.27. The van der Waals surface area contributed by atoms with E-state index in [0.717, 1.165) is 16.8 Å². The van der Waals surface area contributed by atoms with Crippen LogP contribution in [0.1, 0.15) is 11.1 Å². The molecule has 0 fully saturated rings. The third-order valence-electron chi connectivity index (χ3n) is 2.97. The van der Waals surface area contributed by atoms with Gasteiger partial charge >= 0.3 is 0 Å². The molecular weight excluding hydrogens is 345 g/mol. The lowest BCUT2D eigenvalue weighted by atomic mass is 10.1. The van der Waals surface area contributed by atoms with Crippen molar-refractivity contribution in [2.24, 2.45) is 0 Å². The van der Waals surface area contributed by atoms with Crippen LogP contribution in [-0.4, -0.2) is 7.11 Å². The van der Waals surface area contributed by atoms with Crippen molar-refractivity contribution in [2.75, 3.05) is 12.4 Å². The van der Waals surface area contributed by atoms with E-state index >= 15 is 0 Å². The van der Waals surface area contributed by atoms with E-state index in [0.29, 0.717) is 21.8 Å². The van der Waals surface area contributed by atoms with Crippen molar-refractivity contribution >= 4 is 33.2 Å². The van der Waals surface area contributed by atoms with E-state index in [4.69, 9.17) is 16.3 Å². The van der Waals surface area contributed by atoms with Crippen LogP contribution >= 0.6 is 27.5 Å². The largest absolute Gasteiger partial charge is 0.495 e. The Kier molecular flexibility index (Phi) is 4.89. The SMILES string of the molecule is COc1ccc(CNc2cc(Br)c(F)cc2C)cc1Cl. The summed E-state index contributed by atoms with van der Waals surface area (Å²) in [4.78, 5) is 0. The predicted molar refractivity (Wildman–Crippen MR) is 84.2 cm³/mol. The smallest absolute Gasteiger partial charge is 0.137 e. The molecule has 5 heteroatoms. The molecule has 0 amide bonds. The molecule has 2 rings (SSSR count). The minimum absolute atomic E-state index is 0.263. The summed E-state index contributed by atoms with van der Waals surface area (Å²) in [5.74, 6) is 0.386. The number of hydrogen-bond donors (Lipinski definition) is 1. The van der Waals surface area contributed by atoms with Gasteiger partial charge in [0, 0.05) is 12.2 Å². The predicted octanol–water partition coefficient (Wildman–Crippen LogP) is 5.17. The standard InChI is InChI=1S/C15H14BrClFNO/c1-9-5-13(18)11(16)7-14(9)19-8-10-3-4-15(20-2)12(17)6-10/h3-7,19H,8H2,1-2H3. The van der Waals surface area contributed by atoms with Crippen molar-refractivity contribution in [3.8, 4) is 5.75 Å². The molecular formula is C15H14BrClFNO. The second-order valence-corrected chi connectivity index (χ2v) is 5.67. The number of methoxy groups -OCH3 is 1. The number of halogens is 3. The molecule has 20 heavy (non-hydrogen) atoms. The minimum Gasteiger partial charge on any atom is -0.495 e. The highest BCUT2D eigenvalue weighted by atomic mass is 79.9. The van der Waals surface area contributed by atoms with Gasteiger partial charge in [0.15, 0.2) is 0 Å². The monoisotopic (exact) mass is 357 g/mol. The first kappa shape index (κ1) is 15.1. The molecule has 106 valence electrons. The maximum Gasteiger partial charge on any atom is 0.137 e. The van der Waals surface area contributed by atoms with E-state index in [-0.39, 0.29) is 5.82 Å². The molecule has 0 radical (unpaired) electrons. The Balaban J connectivity index is 2.13. The van der Waals surface area contributed by atoms with Crippen LogP contribution in [0.5, 0.6) is 5.75 Å². The van der Waals surface area contributed by atoms with Gasteiger partial charge in [0.25, 0.3) is 0 Å². The third kappa shape index (κ3) is 3.44. The molecule has 0 aromatic heterocycles.